The molecule has 136 valence electrons. The predicted octanol–water partition coefficient (Wildman–Crippen LogP) is 1.58. The Morgan fingerprint density at radius 2 is 1.69 bits per heavy atom. The van der Waals surface area contributed by atoms with E-state index in [1.165, 1.54) is 24.3 Å². The number of amides is 2. The number of hydrogen-bond acceptors (Lipinski definition) is 5. The highest BCUT2D eigenvalue weighted by atomic mass is 16.6. The third-order valence-electron chi connectivity index (χ3n) is 3.70. The summed E-state index contributed by atoms with van der Waals surface area (Å²) in [4.78, 5) is 34.0. The van der Waals surface area contributed by atoms with Gasteiger partial charge in [-0.15, -0.1) is 0 Å². The third kappa shape index (κ3) is 5.67. The predicted molar refractivity (Wildman–Crippen MR) is 96.3 cm³/mol. The maximum absolute atomic E-state index is 12.0. The lowest BCUT2D eigenvalue weighted by molar-refractivity contribution is -0.384. The molecule has 26 heavy (non-hydrogen) atoms. The topological polar surface area (TPSA) is 113 Å². The van der Waals surface area contributed by atoms with Gasteiger partial charge >= 0.3 is 0 Å². The van der Waals surface area contributed by atoms with E-state index in [-0.39, 0.29) is 24.2 Å². The Morgan fingerprint density at radius 3 is 2.31 bits per heavy atom. The molecule has 3 N–H and O–H groups in total. The van der Waals surface area contributed by atoms with Crippen LogP contribution in [-0.2, 0) is 11.3 Å². The van der Waals surface area contributed by atoms with Gasteiger partial charge in [0.15, 0.2) is 0 Å². The van der Waals surface area contributed by atoms with E-state index in [4.69, 9.17) is 0 Å². The normalized spacial score (nSPS) is 11.4. The van der Waals surface area contributed by atoms with Gasteiger partial charge < -0.3 is 10.6 Å². The molecule has 0 aliphatic heterocycles. The number of carbonyl (C=O) groups is 2. The number of carbonyl (C=O) groups excluding carboxylic acids is 2. The Bertz CT molecular complexity index is 763. The molecule has 0 aliphatic carbocycles. The van der Waals surface area contributed by atoms with Crippen LogP contribution < -0.4 is 16.0 Å². The van der Waals surface area contributed by atoms with Gasteiger partial charge in [-0.2, -0.15) is 0 Å². The minimum Gasteiger partial charge on any atom is -0.351 e. The monoisotopic (exact) mass is 356 g/mol. The van der Waals surface area contributed by atoms with Crippen molar-refractivity contribution in [3.8, 4) is 0 Å². The summed E-state index contributed by atoms with van der Waals surface area (Å²) in [6.45, 7) is 2.22. The van der Waals surface area contributed by atoms with Crippen molar-refractivity contribution in [2.75, 3.05) is 6.67 Å². The van der Waals surface area contributed by atoms with Gasteiger partial charge in [0, 0.05) is 24.2 Å². The van der Waals surface area contributed by atoms with Crippen molar-refractivity contribution in [3.63, 3.8) is 0 Å². The van der Waals surface area contributed by atoms with Crippen molar-refractivity contribution < 1.29 is 14.5 Å². The zero-order chi connectivity index (χ0) is 18.9. The second-order valence-corrected chi connectivity index (χ2v) is 5.62. The summed E-state index contributed by atoms with van der Waals surface area (Å²) in [5.74, 6) is -0.567. The van der Waals surface area contributed by atoms with Crippen LogP contribution in [0.25, 0.3) is 0 Å². The minimum atomic E-state index is -0.529. The molecule has 0 radical (unpaired) electrons. The van der Waals surface area contributed by atoms with E-state index in [2.05, 4.69) is 16.0 Å². The van der Waals surface area contributed by atoms with Crippen molar-refractivity contribution in [2.45, 2.75) is 19.5 Å². The summed E-state index contributed by atoms with van der Waals surface area (Å²) in [5.41, 5.74) is 1.22. The molecule has 0 saturated heterocycles. The number of rotatable bonds is 8. The summed E-state index contributed by atoms with van der Waals surface area (Å²) >= 11 is 0. The highest BCUT2D eigenvalue weighted by molar-refractivity contribution is 5.94. The molecule has 0 spiro atoms. The van der Waals surface area contributed by atoms with Gasteiger partial charge in [0.05, 0.1) is 17.6 Å². The maximum Gasteiger partial charge on any atom is 0.269 e. The number of nitro benzene ring substituents is 1. The summed E-state index contributed by atoms with van der Waals surface area (Å²) in [6, 6.07) is 14.3. The number of hydrogen-bond donors (Lipinski definition) is 3. The molecular formula is C18H20N4O4. The Balaban J connectivity index is 1.73. The molecule has 2 rings (SSSR count). The van der Waals surface area contributed by atoms with Crippen molar-refractivity contribution in [1.82, 2.24) is 16.0 Å². The van der Waals surface area contributed by atoms with Gasteiger partial charge in [-0.3, -0.25) is 25.0 Å². The number of nitrogens with one attached hydrogen (secondary N) is 3. The fraction of sp³-hybridized carbons (Fsp3) is 0.222. The van der Waals surface area contributed by atoms with Crippen LogP contribution in [0, 0.1) is 10.1 Å². The summed E-state index contributed by atoms with van der Waals surface area (Å²) in [5, 5.41) is 18.9. The van der Waals surface area contributed by atoms with Crippen LogP contribution in [0.2, 0.25) is 0 Å². The zero-order valence-electron chi connectivity index (χ0n) is 14.3. The molecule has 0 saturated carbocycles. The van der Waals surface area contributed by atoms with Crippen LogP contribution in [0.4, 0.5) is 5.69 Å². The maximum atomic E-state index is 12.0. The molecule has 0 aliphatic rings. The molecular weight excluding hydrogens is 336 g/mol. The second kappa shape index (κ2) is 9.28. The SMILES string of the molecule is CC(NCNC(=O)c1ccc([N+](=O)[O-])cc1)C(=O)NCc1ccccc1. The molecule has 1 atom stereocenters. The third-order valence-corrected chi connectivity index (χ3v) is 3.70. The molecule has 0 heterocycles. The van der Waals surface area contributed by atoms with Crippen LogP contribution >= 0.6 is 0 Å². The van der Waals surface area contributed by atoms with E-state index >= 15 is 0 Å². The lowest BCUT2D eigenvalue weighted by Crippen LogP contribution is -2.46. The van der Waals surface area contributed by atoms with Crippen molar-refractivity contribution in [1.29, 1.82) is 0 Å². The Labute approximate surface area is 150 Å². The highest BCUT2D eigenvalue weighted by Crippen LogP contribution is 2.11. The van der Waals surface area contributed by atoms with Gasteiger partial charge in [-0.1, -0.05) is 30.3 Å². The van der Waals surface area contributed by atoms with Crippen LogP contribution in [0.5, 0.6) is 0 Å². The molecule has 8 nitrogen and oxygen atoms in total. The Morgan fingerprint density at radius 1 is 1.04 bits per heavy atom. The molecule has 1 unspecified atom stereocenters. The lowest BCUT2D eigenvalue weighted by atomic mass is 10.2. The highest BCUT2D eigenvalue weighted by Gasteiger charge is 2.13. The van der Waals surface area contributed by atoms with E-state index in [1.54, 1.807) is 6.92 Å². The van der Waals surface area contributed by atoms with E-state index in [1.807, 2.05) is 30.3 Å². The van der Waals surface area contributed by atoms with Gasteiger partial charge in [0.1, 0.15) is 0 Å². The second-order valence-electron chi connectivity index (χ2n) is 5.62. The number of nitrogens with zero attached hydrogens (tertiary/aromatic N) is 1. The smallest absolute Gasteiger partial charge is 0.269 e. The zero-order valence-corrected chi connectivity index (χ0v) is 14.3. The lowest BCUT2D eigenvalue weighted by Gasteiger charge is -2.14. The largest absolute Gasteiger partial charge is 0.351 e. The van der Waals surface area contributed by atoms with E-state index in [0.29, 0.717) is 12.1 Å². The summed E-state index contributed by atoms with van der Waals surface area (Å²) in [7, 11) is 0. The van der Waals surface area contributed by atoms with Crippen LogP contribution in [0.15, 0.2) is 54.6 Å². The number of nitro groups is 1. The molecule has 2 aromatic rings. The number of non-ortho nitro benzene ring substituents is 1. The Kier molecular flexibility index (Phi) is 6.81. The first-order chi connectivity index (χ1) is 12.5. The standard InChI is InChI=1S/C18H20N4O4/c1-13(17(23)19-11-14-5-3-2-4-6-14)20-12-21-18(24)15-7-9-16(10-8-15)22(25)26/h2-10,13,20H,11-12H2,1H3,(H,19,23)(H,21,24). The fourth-order valence-electron chi connectivity index (χ4n) is 2.15. The first-order valence-corrected chi connectivity index (χ1v) is 8.05. The van der Waals surface area contributed by atoms with E-state index in [0.717, 1.165) is 5.56 Å². The van der Waals surface area contributed by atoms with Crippen molar-refractivity contribution in [2.24, 2.45) is 0 Å². The van der Waals surface area contributed by atoms with E-state index in [9.17, 15) is 19.7 Å². The van der Waals surface area contributed by atoms with Gasteiger partial charge in [-0.25, -0.2) is 0 Å². The number of benzene rings is 2. The first-order valence-electron chi connectivity index (χ1n) is 8.05. The van der Waals surface area contributed by atoms with E-state index < -0.39 is 11.0 Å². The Hall–Kier alpha value is -3.26. The van der Waals surface area contributed by atoms with Gasteiger partial charge in [-0.05, 0) is 24.6 Å². The molecule has 8 heteroatoms. The average molecular weight is 356 g/mol. The first kappa shape index (κ1) is 19.1. The summed E-state index contributed by atoms with van der Waals surface area (Å²) in [6.07, 6.45) is 0. The van der Waals surface area contributed by atoms with Gasteiger partial charge in [0.25, 0.3) is 11.6 Å². The molecule has 0 bridgehead atoms. The quantitative estimate of drug-likeness (QED) is 0.377. The fourth-order valence-corrected chi connectivity index (χ4v) is 2.15. The van der Waals surface area contributed by atoms with Crippen LogP contribution in [-0.4, -0.2) is 29.4 Å². The minimum absolute atomic E-state index is 0.0802. The molecule has 2 aromatic carbocycles. The van der Waals surface area contributed by atoms with Crippen molar-refractivity contribution >= 4 is 17.5 Å². The van der Waals surface area contributed by atoms with Crippen LogP contribution in [0.3, 0.4) is 0 Å². The van der Waals surface area contributed by atoms with Crippen molar-refractivity contribution in [3.05, 3.63) is 75.8 Å². The molecule has 2 amide bonds. The average Bonchev–Trinajstić information content (AvgIpc) is 2.66. The van der Waals surface area contributed by atoms with Crippen LogP contribution in [0.1, 0.15) is 22.8 Å². The van der Waals surface area contributed by atoms with Gasteiger partial charge in [0.2, 0.25) is 5.91 Å². The summed E-state index contributed by atoms with van der Waals surface area (Å²) < 4.78 is 0. The molecule has 0 fully saturated rings. The molecule has 0 aromatic heterocycles.